The average molecular weight is 262 g/mol. The molecule has 1 unspecified atom stereocenters. The summed E-state index contributed by atoms with van der Waals surface area (Å²) in [4.78, 5) is 16.4. The minimum atomic E-state index is -0.118. The Balaban J connectivity index is 1.97. The van der Waals surface area contributed by atoms with Crippen LogP contribution in [0.3, 0.4) is 0 Å². The highest BCUT2D eigenvalue weighted by atomic mass is 16.1. The first-order valence-electron chi connectivity index (χ1n) is 6.83. The topological polar surface area (TPSA) is 80.0 Å². The second kappa shape index (κ2) is 6.02. The van der Waals surface area contributed by atoms with Crippen LogP contribution in [0.15, 0.2) is 18.3 Å². The number of nitrogens with two attached hydrogens (primary N) is 1. The summed E-state index contributed by atoms with van der Waals surface area (Å²) in [5, 5.41) is 6.06. The van der Waals surface area contributed by atoms with E-state index in [0.29, 0.717) is 23.8 Å². The van der Waals surface area contributed by atoms with Crippen LogP contribution >= 0.6 is 0 Å². The van der Waals surface area contributed by atoms with Crippen LogP contribution in [0.4, 0.5) is 5.82 Å². The van der Waals surface area contributed by atoms with Gasteiger partial charge in [-0.1, -0.05) is 0 Å². The zero-order valence-electron chi connectivity index (χ0n) is 11.5. The van der Waals surface area contributed by atoms with Crippen molar-refractivity contribution >= 4 is 11.7 Å². The van der Waals surface area contributed by atoms with E-state index in [2.05, 4.69) is 15.6 Å². The molecule has 1 atom stereocenters. The maximum Gasteiger partial charge on any atom is 0.255 e. The van der Waals surface area contributed by atoms with Crippen LogP contribution in [0.5, 0.6) is 0 Å². The molecule has 0 radical (unpaired) electrons. The van der Waals surface area contributed by atoms with Crippen LogP contribution in [0.1, 0.15) is 37.0 Å². The average Bonchev–Trinajstić information content (AvgIpc) is 3.19. The van der Waals surface area contributed by atoms with Gasteiger partial charge in [0.05, 0.1) is 5.56 Å². The standard InChI is InChI=1S/C14H22N4O/c1-9(2)18-13-11(4-3-7-16-13)14(19)17-8-12(15)10-5-6-10/h3-4,7,9-10,12H,5-6,8,15H2,1-2H3,(H,16,18)(H,17,19). The van der Waals surface area contributed by atoms with E-state index in [1.807, 2.05) is 13.8 Å². The first kappa shape index (κ1) is 13.8. The van der Waals surface area contributed by atoms with E-state index in [9.17, 15) is 4.79 Å². The molecular weight excluding hydrogens is 240 g/mol. The third-order valence-corrected chi connectivity index (χ3v) is 3.20. The molecule has 4 N–H and O–H groups in total. The second-order valence-electron chi connectivity index (χ2n) is 5.41. The van der Waals surface area contributed by atoms with Gasteiger partial charge in [-0.2, -0.15) is 0 Å². The van der Waals surface area contributed by atoms with Crippen molar-refractivity contribution < 1.29 is 4.79 Å². The molecule has 0 saturated heterocycles. The van der Waals surface area contributed by atoms with Gasteiger partial charge in [0.1, 0.15) is 5.82 Å². The molecule has 19 heavy (non-hydrogen) atoms. The number of anilines is 1. The van der Waals surface area contributed by atoms with Crippen molar-refractivity contribution in [1.82, 2.24) is 10.3 Å². The van der Waals surface area contributed by atoms with Gasteiger partial charge in [0.15, 0.2) is 0 Å². The van der Waals surface area contributed by atoms with E-state index in [0.717, 1.165) is 0 Å². The molecule has 0 spiro atoms. The number of rotatable bonds is 6. The number of carbonyl (C=O) groups excluding carboxylic acids is 1. The highest BCUT2D eigenvalue weighted by Gasteiger charge is 2.28. The van der Waals surface area contributed by atoms with Crippen molar-refractivity contribution in [2.75, 3.05) is 11.9 Å². The zero-order valence-corrected chi connectivity index (χ0v) is 11.5. The van der Waals surface area contributed by atoms with Gasteiger partial charge in [0.2, 0.25) is 0 Å². The Hall–Kier alpha value is -1.62. The molecule has 2 rings (SSSR count). The van der Waals surface area contributed by atoms with E-state index >= 15 is 0 Å². The van der Waals surface area contributed by atoms with E-state index in [1.165, 1.54) is 12.8 Å². The van der Waals surface area contributed by atoms with Gasteiger partial charge in [0.25, 0.3) is 5.91 Å². The van der Waals surface area contributed by atoms with Gasteiger partial charge in [-0.15, -0.1) is 0 Å². The van der Waals surface area contributed by atoms with Crippen molar-refractivity contribution in [3.63, 3.8) is 0 Å². The molecular formula is C14H22N4O. The van der Waals surface area contributed by atoms with Gasteiger partial charge in [0, 0.05) is 24.8 Å². The Morgan fingerprint density at radius 2 is 2.26 bits per heavy atom. The van der Waals surface area contributed by atoms with Crippen LogP contribution in [0.2, 0.25) is 0 Å². The molecule has 1 aromatic heterocycles. The number of aromatic nitrogens is 1. The number of amides is 1. The summed E-state index contributed by atoms with van der Waals surface area (Å²) < 4.78 is 0. The predicted molar refractivity (Wildman–Crippen MR) is 76.0 cm³/mol. The number of nitrogens with one attached hydrogen (secondary N) is 2. The van der Waals surface area contributed by atoms with Crippen LogP contribution in [-0.2, 0) is 0 Å². The van der Waals surface area contributed by atoms with Crippen molar-refractivity contribution in [3.8, 4) is 0 Å². The Bertz CT molecular complexity index is 443. The second-order valence-corrected chi connectivity index (χ2v) is 5.41. The summed E-state index contributed by atoms with van der Waals surface area (Å²) in [5.41, 5.74) is 6.55. The molecule has 1 saturated carbocycles. The van der Waals surface area contributed by atoms with Gasteiger partial charge in [-0.3, -0.25) is 4.79 Å². The third kappa shape index (κ3) is 3.92. The largest absolute Gasteiger partial charge is 0.367 e. The Labute approximate surface area is 114 Å². The van der Waals surface area contributed by atoms with Crippen molar-refractivity contribution in [2.24, 2.45) is 11.7 Å². The van der Waals surface area contributed by atoms with Crippen molar-refractivity contribution in [3.05, 3.63) is 23.9 Å². The summed E-state index contributed by atoms with van der Waals surface area (Å²) in [6.07, 6.45) is 4.05. The summed E-state index contributed by atoms with van der Waals surface area (Å²) in [6.45, 7) is 4.55. The van der Waals surface area contributed by atoms with Crippen LogP contribution in [0.25, 0.3) is 0 Å². The summed E-state index contributed by atoms with van der Waals surface area (Å²) in [7, 11) is 0. The van der Waals surface area contributed by atoms with Gasteiger partial charge in [-0.25, -0.2) is 4.98 Å². The number of carbonyl (C=O) groups is 1. The molecule has 0 bridgehead atoms. The highest BCUT2D eigenvalue weighted by molar-refractivity contribution is 5.98. The Kier molecular flexibility index (Phi) is 4.37. The first-order valence-corrected chi connectivity index (χ1v) is 6.83. The van der Waals surface area contributed by atoms with Gasteiger partial charge < -0.3 is 16.4 Å². The van der Waals surface area contributed by atoms with Crippen LogP contribution in [0, 0.1) is 5.92 Å². The molecule has 5 heteroatoms. The first-order chi connectivity index (χ1) is 9.08. The maximum atomic E-state index is 12.1. The van der Waals surface area contributed by atoms with E-state index in [1.54, 1.807) is 18.3 Å². The molecule has 1 aromatic rings. The molecule has 1 aliphatic carbocycles. The fourth-order valence-electron chi connectivity index (χ4n) is 1.97. The van der Waals surface area contributed by atoms with Gasteiger partial charge >= 0.3 is 0 Å². The number of nitrogens with zero attached hydrogens (tertiary/aromatic N) is 1. The lowest BCUT2D eigenvalue weighted by Gasteiger charge is -2.15. The van der Waals surface area contributed by atoms with Crippen molar-refractivity contribution in [2.45, 2.75) is 38.8 Å². The van der Waals surface area contributed by atoms with E-state index in [-0.39, 0.29) is 18.0 Å². The van der Waals surface area contributed by atoms with E-state index < -0.39 is 0 Å². The summed E-state index contributed by atoms with van der Waals surface area (Å²) in [6, 6.07) is 3.84. The van der Waals surface area contributed by atoms with Gasteiger partial charge in [-0.05, 0) is 44.7 Å². The summed E-state index contributed by atoms with van der Waals surface area (Å²) >= 11 is 0. The van der Waals surface area contributed by atoms with Crippen LogP contribution in [-0.4, -0.2) is 29.5 Å². The normalized spacial score (nSPS) is 16.2. The lowest BCUT2D eigenvalue weighted by atomic mass is 10.2. The molecule has 0 aliphatic heterocycles. The molecule has 1 fully saturated rings. The minimum absolute atomic E-state index is 0.0714. The lowest BCUT2D eigenvalue weighted by molar-refractivity contribution is 0.0951. The monoisotopic (exact) mass is 262 g/mol. The zero-order chi connectivity index (χ0) is 13.8. The predicted octanol–water partition coefficient (Wildman–Crippen LogP) is 1.37. The molecule has 1 aliphatic rings. The fraction of sp³-hybridized carbons (Fsp3) is 0.571. The minimum Gasteiger partial charge on any atom is -0.367 e. The molecule has 0 aromatic carbocycles. The number of pyridine rings is 1. The quantitative estimate of drug-likeness (QED) is 0.723. The van der Waals surface area contributed by atoms with E-state index in [4.69, 9.17) is 5.73 Å². The van der Waals surface area contributed by atoms with Crippen LogP contribution < -0.4 is 16.4 Å². The SMILES string of the molecule is CC(C)Nc1ncccc1C(=O)NCC(N)C1CC1. The molecule has 5 nitrogen and oxygen atoms in total. The highest BCUT2D eigenvalue weighted by Crippen LogP contribution is 2.31. The smallest absolute Gasteiger partial charge is 0.255 e. The number of hydrogen-bond donors (Lipinski definition) is 3. The van der Waals surface area contributed by atoms with Crippen molar-refractivity contribution in [1.29, 1.82) is 0 Å². The maximum absolute atomic E-state index is 12.1. The lowest BCUT2D eigenvalue weighted by Crippen LogP contribution is -2.38. The fourth-order valence-corrected chi connectivity index (χ4v) is 1.97. The number of hydrogen-bond acceptors (Lipinski definition) is 4. The third-order valence-electron chi connectivity index (χ3n) is 3.20. The Morgan fingerprint density at radius 3 is 2.89 bits per heavy atom. The molecule has 1 heterocycles. The summed E-state index contributed by atoms with van der Waals surface area (Å²) in [5.74, 6) is 1.09. The Morgan fingerprint density at radius 1 is 1.53 bits per heavy atom. The molecule has 104 valence electrons. The molecule has 1 amide bonds.